The molecule has 2 aromatic heterocycles. The Bertz CT molecular complexity index is 875. The van der Waals surface area contributed by atoms with Gasteiger partial charge in [-0.2, -0.15) is 0 Å². The first-order valence-electron chi connectivity index (χ1n) is 10.9. The molecule has 2 saturated heterocycles. The third-order valence-electron chi connectivity index (χ3n) is 6.32. The molecule has 2 fully saturated rings. The van der Waals surface area contributed by atoms with Crippen LogP contribution >= 0.6 is 12.2 Å². The van der Waals surface area contributed by atoms with Crippen LogP contribution in [0.1, 0.15) is 54.6 Å². The maximum Gasteiger partial charge on any atom is 0.170 e. The summed E-state index contributed by atoms with van der Waals surface area (Å²) in [7, 11) is 0. The molecule has 0 saturated carbocycles. The highest BCUT2D eigenvalue weighted by atomic mass is 32.1. The highest BCUT2D eigenvalue weighted by Crippen LogP contribution is 2.41. The van der Waals surface area contributed by atoms with Crippen LogP contribution in [-0.4, -0.2) is 63.9 Å². The smallest absolute Gasteiger partial charge is 0.170 e. The predicted octanol–water partition coefficient (Wildman–Crippen LogP) is 3.39. The van der Waals surface area contributed by atoms with Crippen LogP contribution < -0.4 is 5.32 Å². The van der Waals surface area contributed by atoms with Gasteiger partial charge in [0.2, 0.25) is 0 Å². The van der Waals surface area contributed by atoms with Gasteiger partial charge in [0.05, 0.1) is 31.0 Å². The minimum absolute atomic E-state index is 0.0458. The summed E-state index contributed by atoms with van der Waals surface area (Å²) in [5, 5.41) is 4.40. The quantitative estimate of drug-likeness (QED) is 0.713. The monoisotopic (exact) mass is 427 g/mol. The topological polar surface area (TPSA) is 45.6 Å². The van der Waals surface area contributed by atoms with Gasteiger partial charge in [0.15, 0.2) is 5.11 Å². The van der Waals surface area contributed by atoms with Crippen molar-refractivity contribution in [1.82, 2.24) is 24.7 Å². The van der Waals surface area contributed by atoms with E-state index in [2.05, 4.69) is 70.6 Å². The zero-order valence-electron chi connectivity index (χ0n) is 18.5. The molecule has 2 aliphatic rings. The van der Waals surface area contributed by atoms with Gasteiger partial charge in [0.25, 0.3) is 0 Å². The molecule has 0 unspecified atom stereocenters. The Kier molecular flexibility index (Phi) is 6.41. The number of hydrogen-bond acceptors (Lipinski definition) is 4. The molecule has 0 spiro atoms. The van der Waals surface area contributed by atoms with Crippen LogP contribution in [0.15, 0.2) is 30.5 Å². The third kappa shape index (κ3) is 4.11. The molecule has 2 aliphatic heterocycles. The summed E-state index contributed by atoms with van der Waals surface area (Å²) in [5.74, 6) is 0. The van der Waals surface area contributed by atoms with E-state index in [0.29, 0.717) is 6.04 Å². The summed E-state index contributed by atoms with van der Waals surface area (Å²) < 4.78 is 7.93. The number of morpholine rings is 1. The number of thiocarbonyl (C=S) groups is 1. The van der Waals surface area contributed by atoms with E-state index in [9.17, 15) is 0 Å². The fourth-order valence-electron chi connectivity index (χ4n) is 4.96. The van der Waals surface area contributed by atoms with Gasteiger partial charge in [0.1, 0.15) is 0 Å². The first-order chi connectivity index (χ1) is 14.5. The van der Waals surface area contributed by atoms with Crippen molar-refractivity contribution in [3.05, 3.63) is 53.1 Å². The fourth-order valence-corrected chi connectivity index (χ4v) is 5.29. The number of ether oxygens (including phenoxy) is 1. The summed E-state index contributed by atoms with van der Waals surface area (Å²) >= 11 is 5.83. The highest BCUT2D eigenvalue weighted by molar-refractivity contribution is 7.80. The summed E-state index contributed by atoms with van der Waals surface area (Å²) in [4.78, 5) is 9.51. The second-order valence-corrected chi connectivity index (χ2v) is 8.95. The Morgan fingerprint density at radius 2 is 1.97 bits per heavy atom. The van der Waals surface area contributed by atoms with Crippen LogP contribution in [0.25, 0.3) is 0 Å². The van der Waals surface area contributed by atoms with E-state index in [1.807, 2.05) is 12.3 Å². The Morgan fingerprint density at radius 1 is 1.20 bits per heavy atom. The molecule has 6 nitrogen and oxygen atoms in total. The van der Waals surface area contributed by atoms with E-state index in [4.69, 9.17) is 17.0 Å². The van der Waals surface area contributed by atoms with Crippen molar-refractivity contribution in [2.24, 2.45) is 0 Å². The van der Waals surface area contributed by atoms with E-state index in [0.717, 1.165) is 50.2 Å². The van der Waals surface area contributed by atoms with Crippen LogP contribution in [0.3, 0.4) is 0 Å². The largest absolute Gasteiger partial charge is 0.379 e. The summed E-state index contributed by atoms with van der Waals surface area (Å²) in [6, 6.07) is 9.06. The molecule has 0 amide bonds. The lowest BCUT2D eigenvalue weighted by Gasteiger charge is -2.32. The molecule has 0 aromatic carbocycles. The molecule has 4 heterocycles. The second kappa shape index (κ2) is 9.04. The lowest BCUT2D eigenvalue weighted by molar-refractivity contribution is 0.0350. The lowest BCUT2D eigenvalue weighted by Crippen LogP contribution is -2.42. The third-order valence-corrected chi connectivity index (χ3v) is 6.67. The fraction of sp³-hybridized carbons (Fsp3) is 0.565. The van der Waals surface area contributed by atoms with Crippen molar-refractivity contribution in [3.63, 3.8) is 0 Å². The number of aryl methyl sites for hydroxylation is 1. The van der Waals surface area contributed by atoms with Gasteiger partial charge in [-0.25, -0.2) is 0 Å². The van der Waals surface area contributed by atoms with Crippen LogP contribution in [0.2, 0.25) is 0 Å². The van der Waals surface area contributed by atoms with Crippen molar-refractivity contribution in [2.75, 3.05) is 39.4 Å². The standard InChI is InChI=1S/C23H33N5OS/c1-16(2)28-17(3)15-19(18(28)4)22-21(20-7-5-6-8-24-20)25-23(30)27(22)10-9-26-11-13-29-14-12-26/h5-8,15-16,21-22H,9-14H2,1-4H3,(H,25,30)/t21-,22+/m0/s1. The van der Waals surface area contributed by atoms with Gasteiger partial charge in [-0.15, -0.1) is 0 Å². The number of nitrogens with one attached hydrogen (secondary N) is 1. The first kappa shape index (κ1) is 21.3. The highest BCUT2D eigenvalue weighted by Gasteiger charge is 2.41. The summed E-state index contributed by atoms with van der Waals surface area (Å²) in [6.07, 6.45) is 1.87. The lowest BCUT2D eigenvalue weighted by atomic mass is 9.96. The maximum atomic E-state index is 5.83. The Hall–Kier alpha value is -1.96. The van der Waals surface area contributed by atoms with Crippen LogP contribution in [0.4, 0.5) is 0 Å². The minimum Gasteiger partial charge on any atom is -0.379 e. The zero-order chi connectivity index (χ0) is 21.3. The molecule has 30 heavy (non-hydrogen) atoms. The zero-order valence-corrected chi connectivity index (χ0v) is 19.3. The summed E-state index contributed by atoms with van der Waals surface area (Å²) in [5.41, 5.74) is 4.98. The summed E-state index contributed by atoms with van der Waals surface area (Å²) in [6.45, 7) is 14.4. The van der Waals surface area contributed by atoms with Gasteiger partial charge >= 0.3 is 0 Å². The van der Waals surface area contributed by atoms with Crippen molar-refractivity contribution >= 4 is 17.3 Å². The van der Waals surface area contributed by atoms with Crippen LogP contribution in [0, 0.1) is 13.8 Å². The Labute approximate surface area is 185 Å². The number of pyridine rings is 1. The average molecular weight is 428 g/mol. The van der Waals surface area contributed by atoms with E-state index in [1.54, 1.807) is 0 Å². The minimum atomic E-state index is 0.0458. The number of nitrogens with zero attached hydrogens (tertiary/aromatic N) is 4. The van der Waals surface area contributed by atoms with Crippen molar-refractivity contribution in [2.45, 2.75) is 45.8 Å². The van der Waals surface area contributed by atoms with Gasteiger partial charge in [0, 0.05) is 49.8 Å². The SMILES string of the molecule is Cc1cc([C@@H]2[C@H](c3ccccn3)NC(=S)N2CCN2CCOCC2)c(C)n1C(C)C. The molecular formula is C23H33N5OS. The normalized spacial score (nSPS) is 22.7. The van der Waals surface area contributed by atoms with Gasteiger partial charge < -0.3 is 19.5 Å². The predicted molar refractivity (Wildman–Crippen MR) is 124 cm³/mol. The maximum absolute atomic E-state index is 5.83. The van der Waals surface area contributed by atoms with Gasteiger partial charge in [-0.05, 0) is 63.7 Å². The van der Waals surface area contributed by atoms with E-state index >= 15 is 0 Å². The molecule has 7 heteroatoms. The van der Waals surface area contributed by atoms with Crippen LogP contribution in [0.5, 0.6) is 0 Å². The molecule has 0 aliphatic carbocycles. The Morgan fingerprint density at radius 3 is 2.60 bits per heavy atom. The molecular weight excluding hydrogens is 394 g/mol. The van der Waals surface area contributed by atoms with Gasteiger partial charge in [-0.1, -0.05) is 6.07 Å². The molecule has 4 rings (SSSR count). The second-order valence-electron chi connectivity index (χ2n) is 8.56. The number of hydrogen-bond donors (Lipinski definition) is 1. The molecule has 1 N–H and O–H groups in total. The number of rotatable bonds is 6. The van der Waals surface area contributed by atoms with E-state index < -0.39 is 0 Å². The first-order valence-corrected chi connectivity index (χ1v) is 11.3. The van der Waals surface area contributed by atoms with E-state index in [1.165, 1.54) is 17.0 Å². The van der Waals surface area contributed by atoms with Crippen molar-refractivity contribution in [1.29, 1.82) is 0 Å². The Balaban J connectivity index is 1.68. The molecule has 0 radical (unpaired) electrons. The van der Waals surface area contributed by atoms with Crippen LogP contribution in [-0.2, 0) is 4.74 Å². The molecule has 2 atom stereocenters. The molecule has 162 valence electrons. The van der Waals surface area contributed by atoms with Gasteiger partial charge in [-0.3, -0.25) is 9.88 Å². The molecule has 2 aromatic rings. The average Bonchev–Trinajstić information content (AvgIpc) is 3.23. The molecule has 0 bridgehead atoms. The van der Waals surface area contributed by atoms with E-state index in [-0.39, 0.29) is 12.1 Å². The van der Waals surface area contributed by atoms with Crippen molar-refractivity contribution < 1.29 is 4.74 Å². The van der Waals surface area contributed by atoms with Crippen molar-refractivity contribution in [3.8, 4) is 0 Å². The number of aromatic nitrogens is 2.